The Labute approximate surface area is 359 Å². The van der Waals surface area contributed by atoms with E-state index in [0.717, 1.165) is 96.3 Å². The molecule has 0 N–H and O–H groups in total. The van der Waals surface area contributed by atoms with Gasteiger partial charge in [-0.3, -0.25) is 9.59 Å². The summed E-state index contributed by atoms with van der Waals surface area (Å²) in [6.45, 7) is 7.60. The maximum absolute atomic E-state index is 12.7. The van der Waals surface area contributed by atoms with Crippen LogP contribution in [0.4, 0.5) is 0 Å². The van der Waals surface area contributed by atoms with Crippen LogP contribution in [0.1, 0.15) is 226 Å². The molecule has 0 saturated heterocycles. The summed E-state index contributed by atoms with van der Waals surface area (Å²) in [4.78, 5) is 25.3. The van der Waals surface area contributed by atoms with Crippen LogP contribution in [0.15, 0.2) is 72.9 Å². The number of allylic oxidation sites excluding steroid dienone is 12. The Morgan fingerprint density at radius 3 is 1.28 bits per heavy atom. The lowest BCUT2D eigenvalue weighted by molar-refractivity contribution is -0.163. The van der Waals surface area contributed by atoms with Gasteiger partial charge in [-0.1, -0.05) is 196 Å². The van der Waals surface area contributed by atoms with E-state index in [1.165, 1.54) is 96.3 Å². The predicted molar refractivity (Wildman–Crippen MR) is 251 cm³/mol. The Morgan fingerprint density at radius 1 is 0.397 bits per heavy atom. The molecule has 0 rings (SSSR count). The standard InChI is InChI=1S/C53H92O5/c1-4-7-10-13-16-19-22-24-26-28-30-33-36-39-42-45-48-56-49-51(58-53(55)47-44-41-38-35-31-21-18-15-12-9-6-3)50-57-52(54)46-43-40-37-34-32-29-27-25-23-20-17-14-11-8-5-2/h7,10,16-17,19-20,24-27,30,33,51H,4-6,8-9,11-15,18,21-23,28-29,31-32,34-50H2,1-3H3/b10-7-,19-16-,20-17-,26-24-,27-25-,33-30-. The molecule has 1 unspecified atom stereocenters. The predicted octanol–water partition coefficient (Wildman–Crippen LogP) is 16.3. The highest BCUT2D eigenvalue weighted by molar-refractivity contribution is 5.70. The summed E-state index contributed by atoms with van der Waals surface area (Å²) in [7, 11) is 0. The van der Waals surface area contributed by atoms with Gasteiger partial charge < -0.3 is 14.2 Å². The second-order valence-electron chi connectivity index (χ2n) is 16.0. The minimum atomic E-state index is -0.557. The van der Waals surface area contributed by atoms with Crippen molar-refractivity contribution in [2.24, 2.45) is 0 Å². The van der Waals surface area contributed by atoms with E-state index in [-0.39, 0.29) is 25.2 Å². The lowest BCUT2D eigenvalue weighted by Crippen LogP contribution is -2.30. The minimum absolute atomic E-state index is 0.0644. The van der Waals surface area contributed by atoms with E-state index >= 15 is 0 Å². The van der Waals surface area contributed by atoms with Crippen molar-refractivity contribution < 1.29 is 23.8 Å². The lowest BCUT2D eigenvalue weighted by Gasteiger charge is -2.18. The second-order valence-corrected chi connectivity index (χ2v) is 16.0. The van der Waals surface area contributed by atoms with Gasteiger partial charge >= 0.3 is 11.9 Å². The summed E-state index contributed by atoms with van der Waals surface area (Å²) in [5, 5.41) is 0. The highest BCUT2D eigenvalue weighted by atomic mass is 16.6. The Kier molecular flexibility index (Phi) is 46.5. The van der Waals surface area contributed by atoms with Crippen LogP contribution >= 0.6 is 0 Å². The summed E-state index contributed by atoms with van der Waals surface area (Å²) >= 11 is 0. The van der Waals surface area contributed by atoms with Crippen LogP contribution in [0.3, 0.4) is 0 Å². The molecule has 0 aromatic carbocycles. The fourth-order valence-corrected chi connectivity index (χ4v) is 6.59. The first-order valence-electron chi connectivity index (χ1n) is 24.5. The molecule has 0 fully saturated rings. The van der Waals surface area contributed by atoms with E-state index in [9.17, 15) is 9.59 Å². The quantitative estimate of drug-likeness (QED) is 0.0348. The Morgan fingerprint density at radius 2 is 0.776 bits per heavy atom. The highest BCUT2D eigenvalue weighted by Crippen LogP contribution is 2.14. The summed E-state index contributed by atoms with van der Waals surface area (Å²) in [6.07, 6.45) is 61.9. The zero-order valence-corrected chi connectivity index (χ0v) is 38.3. The molecule has 5 heteroatoms. The van der Waals surface area contributed by atoms with Crippen LogP contribution in [-0.4, -0.2) is 37.9 Å². The van der Waals surface area contributed by atoms with Crippen LogP contribution in [0.5, 0.6) is 0 Å². The van der Waals surface area contributed by atoms with Gasteiger partial charge in [0.05, 0.1) is 6.61 Å². The van der Waals surface area contributed by atoms with E-state index in [1.54, 1.807) is 0 Å². The van der Waals surface area contributed by atoms with Crippen molar-refractivity contribution in [3.8, 4) is 0 Å². The Bertz CT molecular complexity index is 1050. The van der Waals surface area contributed by atoms with E-state index in [0.29, 0.717) is 19.4 Å². The average Bonchev–Trinajstić information content (AvgIpc) is 3.22. The molecular weight excluding hydrogens is 717 g/mol. The van der Waals surface area contributed by atoms with Gasteiger partial charge in [-0.25, -0.2) is 0 Å². The number of esters is 2. The van der Waals surface area contributed by atoms with E-state index < -0.39 is 6.10 Å². The third kappa shape index (κ3) is 46.0. The molecule has 0 aliphatic carbocycles. The first-order valence-corrected chi connectivity index (χ1v) is 24.5. The van der Waals surface area contributed by atoms with Gasteiger partial charge in [-0.05, 0) is 89.9 Å². The van der Waals surface area contributed by atoms with Crippen molar-refractivity contribution in [2.45, 2.75) is 232 Å². The molecule has 5 nitrogen and oxygen atoms in total. The van der Waals surface area contributed by atoms with Crippen LogP contribution in [0, 0.1) is 0 Å². The number of carbonyl (C=O) groups excluding carboxylic acids is 2. The first-order chi connectivity index (χ1) is 28.6. The van der Waals surface area contributed by atoms with Gasteiger partial charge in [-0.15, -0.1) is 0 Å². The van der Waals surface area contributed by atoms with Gasteiger partial charge in [0.1, 0.15) is 6.61 Å². The topological polar surface area (TPSA) is 61.8 Å². The van der Waals surface area contributed by atoms with Gasteiger partial charge in [0.15, 0.2) is 6.10 Å². The number of rotatable bonds is 44. The largest absolute Gasteiger partial charge is 0.462 e. The molecular formula is C53H92O5. The molecule has 334 valence electrons. The molecule has 0 bridgehead atoms. The third-order valence-corrected chi connectivity index (χ3v) is 10.2. The first kappa shape index (κ1) is 55.3. The van der Waals surface area contributed by atoms with Gasteiger partial charge in [0.25, 0.3) is 0 Å². The SMILES string of the molecule is CC/C=C\C/C=C\C/C=C\C/C=C\CCCCCOCC(COC(=O)CCCCCCC/C=C\C/C=C\CCCCC)OC(=O)CCCCCCCCCCCCC. The molecule has 0 heterocycles. The molecule has 0 aromatic heterocycles. The molecule has 1 atom stereocenters. The van der Waals surface area contributed by atoms with Crippen LogP contribution in [0.25, 0.3) is 0 Å². The lowest BCUT2D eigenvalue weighted by atomic mass is 10.1. The zero-order chi connectivity index (χ0) is 42.1. The third-order valence-electron chi connectivity index (χ3n) is 10.2. The molecule has 0 aliphatic heterocycles. The number of unbranched alkanes of at least 4 members (excludes halogenated alkanes) is 21. The second kappa shape index (κ2) is 48.7. The molecule has 0 radical (unpaired) electrons. The smallest absolute Gasteiger partial charge is 0.306 e. The van der Waals surface area contributed by atoms with Gasteiger partial charge in [-0.2, -0.15) is 0 Å². The van der Waals surface area contributed by atoms with Crippen molar-refractivity contribution in [3.05, 3.63) is 72.9 Å². The fraction of sp³-hybridized carbons (Fsp3) is 0.736. The van der Waals surface area contributed by atoms with E-state index in [1.807, 2.05) is 0 Å². The molecule has 0 spiro atoms. The summed E-state index contributed by atoms with van der Waals surface area (Å²) in [5.41, 5.74) is 0. The van der Waals surface area contributed by atoms with Crippen LogP contribution < -0.4 is 0 Å². The number of carbonyl (C=O) groups is 2. The fourth-order valence-electron chi connectivity index (χ4n) is 6.59. The Balaban J connectivity index is 4.33. The summed E-state index contributed by atoms with van der Waals surface area (Å²) in [5.74, 6) is -0.430. The molecule has 0 saturated carbocycles. The normalized spacial score (nSPS) is 12.8. The van der Waals surface area contributed by atoms with Crippen LogP contribution in [-0.2, 0) is 23.8 Å². The minimum Gasteiger partial charge on any atom is -0.462 e. The number of hydrogen-bond donors (Lipinski definition) is 0. The molecule has 0 aliphatic rings. The molecule has 0 aromatic rings. The highest BCUT2D eigenvalue weighted by Gasteiger charge is 2.17. The maximum atomic E-state index is 12.7. The van der Waals surface area contributed by atoms with Crippen molar-refractivity contribution in [3.63, 3.8) is 0 Å². The number of hydrogen-bond acceptors (Lipinski definition) is 5. The zero-order valence-electron chi connectivity index (χ0n) is 38.3. The van der Waals surface area contributed by atoms with Crippen molar-refractivity contribution in [1.82, 2.24) is 0 Å². The summed E-state index contributed by atoms with van der Waals surface area (Å²) in [6, 6.07) is 0. The molecule has 58 heavy (non-hydrogen) atoms. The monoisotopic (exact) mass is 809 g/mol. The van der Waals surface area contributed by atoms with Crippen molar-refractivity contribution >= 4 is 11.9 Å². The molecule has 0 amide bonds. The van der Waals surface area contributed by atoms with E-state index in [2.05, 4.69) is 93.7 Å². The van der Waals surface area contributed by atoms with Gasteiger partial charge in [0, 0.05) is 19.4 Å². The average molecular weight is 809 g/mol. The van der Waals surface area contributed by atoms with Crippen molar-refractivity contribution in [2.75, 3.05) is 19.8 Å². The van der Waals surface area contributed by atoms with Gasteiger partial charge in [0.2, 0.25) is 0 Å². The Hall–Kier alpha value is -2.66. The van der Waals surface area contributed by atoms with Crippen molar-refractivity contribution in [1.29, 1.82) is 0 Å². The van der Waals surface area contributed by atoms with Crippen LogP contribution in [0.2, 0.25) is 0 Å². The number of ether oxygens (including phenoxy) is 3. The maximum Gasteiger partial charge on any atom is 0.306 e. The van der Waals surface area contributed by atoms with E-state index in [4.69, 9.17) is 14.2 Å². The summed E-state index contributed by atoms with van der Waals surface area (Å²) < 4.78 is 17.3.